The second-order valence-corrected chi connectivity index (χ2v) is 6.97. The molecule has 1 atom stereocenters. The van der Waals surface area contributed by atoms with Crippen LogP contribution in [-0.2, 0) is 16.0 Å². The van der Waals surface area contributed by atoms with E-state index in [9.17, 15) is 14.4 Å². The summed E-state index contributed by atoms with van der Waals surface area (Å²) in [6.45, 7) is 4.38. The van der Waals surface area contributed by atoms with Crippen molar-refractivity contribution in [1.29, 1.82) is 0 Å². The van der Waals surface area contributed by atoms with Crippen molar-refractivity contribution in [3.63, 3.8) is 0 Å². The summed E-state index contributed by atoms with van der Waals surface area (Å²) in [6, 6.07) is 5.33. The van der Waals surface area contributed by atoms with E-state index in [1.807, 2.05) is 18.2 Å². The lowest BCUT2D eigenvalue weighted by Crippen LogP contribution is -2.44. The summed E-state index contributed by atoms with van der Waals surface area (Å²) >= 11 is 0. The number of carbonyl (C=O) groups is 3. The number of rotatable bonds is 4. The van der Waals surface area contributed by atoms with Crippen LogP contribution in [0.1, 0.15) is 26.0 Å². The van der Waals surface area contributed by atoms with Crippen molar-refractivity contribution in [1.82, 2.24) is 20.1 Å². The third kappa shape index (κ3) is 3.25. The first-order valence-electron chi connectivity index (χ1n) is 8.18. The summed E-state index contributed by atoms with van der Waals surface area (Å²) < 4.78 is 0. The van der Waals surface area contributed by atoms with Gasteiger partial charge in [-0.15, -0.1) is 0 Å². The number of aromatic nitrogens is 1. The molecule has 7 heteroatoms. The topological polar surface area (TPSA) is 82.6 Å². The Hall–Kier alpha value is -2.44. The molecule has 2 saturated heterocycles. The molecule has 2 fully saturated rings. The molecule has 1 aromatic rings. The minimum Gasteiger partial charge on any atom is -0.341 e. The van der Waals surface area contributed by atoms with Crippen LogP contribution in [0.15, 0.2) is 24.4 Å². The summed E-state index contributed by atoms with van der Waals surface area (Å²) in [4.78, 5) is 43.5. The van der Waals surface area contributed by atoms with E-state index in [0.717, 1.165) is 23.4 Å². The van der Waals surface area contributed by atoms with Crippen molar-refractivity contribution in [2.75, 3.05) is 19.6 Å². The van der Waals surface area contributed by atoms with Crippen LogP contribution in [0.25, 0.3) is 0 Å². The fraction of sp³-hybridized carbons (Fsp3) is 0.529. The number of amides is 4. The van der Waals surface area contributed by atoms with Gasteiger partial charge in [-0.3, -0.25) is 19.5 Å². The third-order valence-corrected chi connectivity index (χ3v) is 4.60. The molecular weight excluding hydrogens is 308 g/mol. The molecule has 128 valence electrons. The predicted molar refractivity (Wildman–Crippen MR) is 87.0 cm³/mol. The van der Waals surface area contributed by atoms with Crippen LogP contribution < -0.4 is 5.32 Å². The Morgan fingerprint density at radius 2 is 2.17 bits per heavy atom. The zero-order chi connectivity index (χ0) is 17.3. The van der Waals surface area contributed by atoms with E-state index in [0.29, 0.717) is 19.0 Å². The zero-order valence-corrected chi connectivity index (χ0v) is 14.0. The minimum absolute atomic E-state index is 0.181. The van der Waals surface area contributed by atoms with Gasteiger partial charge in [-0.1, -0.05) is 6.07 Å². The van der Waals surface area contributed by atoms with E-state index in [1.54, 1.807) is 24.9 Å². The lowest BCUT2D eigenvalue weighted by atomic mass is 10.0. The number of nitrogens with one attached hydrogen (secondary N) is 1. The van der Waals surface area contributed by atoms with Crippen molar-refractivity contribution < 1.29 is 14.4 Å². The Balaban J connectivity index is 1.55. The molecule has 1 N–H and O–H groups in total. The van der Waals surface area contributed by atoms with E-state index in [-0.39, 0.29) is 18.4 Å². The predicted octanol–water partition coefficient (Wildman–Crippen LogP) is 0.803. The Kier molecular flexibility index (Phi) is 4.26. The molecule has 0 saturated carbocycles. The van der Waals surface area contributed by atoms with Crippen molar-refractivity contribution in [3.8, 4) is 0 Å². The van der Waals surface area contributed by atoms with Gasteiger partial charge in [0.25, 0.3) is 5.91 Å². The molecule has 2 aliphatic rings. The SMILES string of the molecule is CC1(C)NC(=O)N(CC(=O)N2CCC(Cc3ccccn3)C2)C1=O. The molecule has 0 aromatic carbocycles. The number of nitrogens with zero attached hydrogens (tertiary/aromatic N) is 3. The Morgan fingerprint density at radius 3 is 2.79 bits per heavy atom. The number of imide groups is 1. The first-order chi connectivity index (χ1) is 11.4. The number of likely N-dealkylation sites (tertiary alicyclic amines) is 1. The van der Waals surface area contributed by atoms with Gasteiger partial charge in [0.2, 0.25) is 5.91 Å². The maximum atomic E-state index is 12.4. The molecule has 3 heterocycles. The number of pyridine rings is 1. The largest absolute Gasteiger partial charge is 0.341 e. The van der Waals surface area contributed by atoms with Crippen LogP contribution in [0.3, 0.4) is 0 Å². The molecule has 0 radical (unpaired) electrons. The molecule has 7 nitrogen and oxygen atoms in total. The third-order valence-electron chi connectivity index (χ3n) is 4.60. The van der Waals surface area contributed by atoms with Crippen LogP contribution in [0.5, 0.6) is 0 Å². The molecule has 1 unspecified atom stereocenters. The fourth-order valence-corrected chi connectivity index (χ4v) is 3.24. The highest BCUT2D eigenvalue weighted by Crippen LogP contribution is 2.21. The van der Waals surface area contributed by atoms with Crippen molar-refractivity contribution >= 4 is 17.8 Å². The first-order valence-corrected chi connectivity index (χ1v) is 8.18. The molecule has 4 amide bonds. The lowest BCUT2D eigenvalue weighted by molar-refractivity contribution is -0.138. The van der Waals surface area contributed by atoms with E-state index in [1.165, 1.54) is 0 Å². The maximum absolute atomic E-state index is 12.4. The van der Waals surface area contributed by atoms with E-state index in [2.05, 4.69) is 10.3 Å². The Morgan fingerprint density at radius 1 is 1.38 bits per heavy atom. The highest BCUT2D eigenvalue weighted by Gasteiger charge is 2.45. The number of carbonyl (C=O) groups excluding carboxylic acids is 3. The van der Waals surface area contributed by atoms with Crippen LogP contribution >= 0.6 is 0 Å². The summed E-state index contributed by atoms with van der Waals surface area (Å²) in [5.41, 5.74) is 0.0804. The molecule has 24 heavy (non-hydrogen) atoms. The standard InChI is InChI=1S/C17H22N4O3/c1-17(2)15(23)21(16(24)19-17)11-14(22)20-8-6-12(10-20)9-13-5-3-4-7-18-13/h3-5,7,12H,6,8-11H2,1-2H3,(H,19,24). The lowest BCUT2D eigenvalue weighted by Gasteiger charge is -2.20. The van der Waals surface area contributed by atoms with E-state index < -0.39 is 11.6 Å². The van der Waals surface area contributed by atoms with Gasteiger partial charge in [0.15, 0.2) is 0 Å². The van der Waals surface area contributed by atoms with Crippen molar-refractivity contribution in [2.45, 2.75) is 32.2 Å². The van der Waals surface area contributed by atoms with Crippen LogP contribution in [0.4, 0.5) is 4.79 Å². The van der Waals surface area contributed by atoms with Gasteiger partial charge < -0.3 is 10.2 Å². The van der Waals surface area contributed by atoms with Gasteiger partial charge in [0.05, 0.1) is 0 Å². The van der Waals surface area contributed by atoms with E-state index in [4.69, 9.17) is 0 Å². The normalized spacial score (nSPS) is 22.8. The van der Waals surface area contributed by atoms with Crippen LogP contribution in [0.2, 0.25) is 0 Å². The summed E-state index contributed by atoms with van der Waals surface area (Å²) in [7, 11) is 0. The van der Waals surface area contributed by atoms with Gasteiger partial charge in [0, 0.05) is 25.0 Å². The fourth-order valence-electron chi connectivity index (χ4n) is 3.24. The highest BCUT2D eigenvalue weighted by atomic mass is 16.2. The Labute approximate surface area is 141 Å². The van der Waals surface area contributed by atoms with E-state index >= 15 is 0 Å². The zero-order valence-electron chi connectivity index (χ0n) is 14.0. The molecule has 0 bridgehead atoms. The molecule has 1 aromatic heterocycles. The van der Waals surface area contributed by atoms with Crippen LogP contribution in [0, 0.1) is 5.92 Å². The average Bonchev–Trinajstić information content (AvgIpc) is 3.07. The van der Waals surface area contributed by atoms with Crippen molar-refractivity contribution in [2.24, 2.45) is 5.92 Å². The highest BCUT2D eigenvalue weighted by molar-refractivity contribution is 6.08. The first kappa shape index (κ1) is 16.4. The van der Waals surface area contributed by atoms with Gasteiger partial charge >= 0.3 is 6.03 Å². The second kappa shape index (κ2) is 6.22. The monoisotopic (exact) mass is 330 g/mol. The molecule has 0 spiro atoms. The smallest absolute Gasteiger partial charge is 0.325 e. The number of hydrogen-bond acceptors (Lipinski definition) is 4. The molecule has 3 rings (SSSR count). The van der Waals surface area contributed by atoms with Gasteiger partial charge in [0.1, 0.15) is 12.1 Å². The average molecular weight is 330 g/mol. The second-order valence-electron chi connectivity index (χ2n) is 6.97. The molecular formula is C17H22N4O3. The number of hydrogen-bond donors (Lipinski definition) is 1. The quantitative estimate of drug-likeness (QED) is 0.828. The molecule has 0 aliphatic carbocycles. The van der Waals surface area contributed by atoms with Gasteiger partial charge in [-0.2, -0.15) is 0 Å². The number of urea groups is 1. The molecule has 2 aliphatic heterocycles. The maximum Gasteiger partial charge on any atom is 0.325 e. The summed E-state index contributed by atoms with van der Waals surface area (Å²) in [6.07, 6.45) is 3.52. The minimum atomic E-state index is -0.941. The Bertz CT molecular complexity index is 659. The van der Waals surface area contributed by atoms with Crippen molar-refractivity contribution in [3.05, 3.63) is 30.1 Å². The van der Waals surface area contributed by atoms with Gasteiger partial charge in [-0.25, -0.2) is 4.79 Å². The van der Waals surface area contributed by atoms with Crippen LogP contribution in [-0.4, -0.2) is 57.8 Å². The van der Waals surface area contributed by atoms with Gasteiger partial charge in [-0.05, 0) is 44.7 Å². The summed E-state index contributed by atoms with van der Waals surface area (Å²) in [5.74, 6) is -0.173. The summed E-state index contributed by atoms with van der Waals surface area (Å²) in [5, 5.41) is 2.59.